The summed E-state index contributed by atoms with van der Waals surface area (Å²) in [5, 5.41) is 6.30. The topological polar surface area (TPSA) is 169 Å². The second-order valence-electron chi connectivity index (χ2n) is 4.15. The lowest BCUT2D eigenvalue weighted by Crippen LogP contribution is -2.21. The average Bonchev–Trinajstić information content (AvgIpc) is 2.69. The fraction of sp³-hybridized carbons (Fsp3) is 0.500. The molecule has 0 aromatic rings. The highest BCUT2D eigenvalue weighted by Crippen LogP contribution is 2.34. The Balaban J connectivity index is 2.14. The Bertz CT molecular complexity index is 677. The first-order chi connectivity index (χ1) is 9.26. The third-order valence-electron chi connectivity index (χ3n) is 2.36. The molecule has 0 bridgehead atoms. The van der Waals surface area contributed by atoms with Crippen LogP contribution in [-0.2, 0) is 15.8 Å². The maximum absolute atomic E-state index is 11.5. The molecule has 2 heterocycles. The van der Waals surface area contributed by atoms with E-state index >= 15 is 0 Å². The highest BCUT2D eigenvalue weighted by Gasteiger charge is 2.21. The molecule has 0 unspecified atom stereocenters. The van der Waals surface area contributed by atoms with Gasteiger partial charge < -0.3 is 20.3 Å². The molecule has 11 nitrogen and oxygen atoms in total. The molecule has 0 saturated heterocycles. The van der Waals surface area contributed by atoms with Gasteiger partial charge in [0.1, 0.15) is 6.35 Å². The highest BCUT2D eigenvalue weighted by atomic mass is 31.2. The van der Waals surface area contributed by atoms with E-state index in [4.69, 9.17) is 20.3 Å². The van der Waals surface area contributed by atoms with E-state index in [0.29, 0.717) is 0 Å². The van der Waals surface area contributed by atoms with Gasteiger partial charge in [-0.05, 0) is 6.92 Å². The molecule has 0 spiro atoms. The second kappa shape index (κ2) is 5.29. The van der Waals surface area contributed by atoms with Crippen LogP contribution in [0.1, 0.15) is 6.92 Å². The van der Waals surface area contributed by atoms with Gasteiger partial charge in [0.05, 0.1) is 12.6 Å². The van der Waals surface area contributed by atoms with E-state index < -0.39 is 25.6 Å². The van der Waals surface area contributed by atoms with E-state index in [-0.39, 0.29) is 24.0 Å². The van der Waals surface area contributed by atoms with E-state index in [1.807, 2.05) is 0 Å². The van der Waals surface area contributed by atoms with Crippen molar-refractivity contribution in [2.45, 2.75) is 19.6 Å². The Morgan fingerprint density at radius 2 is 2.20 bits per heavy atom. The van der Waals surface area contributed by atoms with E-state index in [1.165, 1.54) is 4.68 Å². The number of aromatic amines is 1. The normalized spacial score (nSPS) is 13.8. The number of nitrogen functional groups attached to an aromatic ring is 1. The zero-order valence-electron chi connectivity index (χ0n) is 10.4. The lowest BCUT2D eigenvalue weighted by atomic mass is 10.3. The zero-order chi connectivity index (χ0) is 14.9. The summed E-state index contributed by atoms with van der Waals surface area (Å²) in [6.45, 7) is 1.77. The first-order valence-corrected chi connectivity index (χ1v) is 7.30. The van der Waals surface area contributed by atoms with Gasteiger partial charge in [0, 0.05) is 0 Å². The van der Waals surface area contributed by atoms with Crippen LogP contribution in [0.25, 0.3) is 11.5 Å². The van der Waals surface area contributed by atoms with Crippen LogP contribution in [0.4, 0.5) is 5.95 Å². The number of ether oxygens (including phenoxy) is 1. The van der Waals surface area contributed by atoms with Crippen LogP contribution in [0, 0.1) is 0 Å². The number of anilines is 1. The molecule has 0 amide bonds. The number of nitrogens with one attached hydrogen (secondary N) is 1. The smallest absolute Gasteiger partial charge is 0.350 e. The first kappa shape index (κ1) is 14.6. The van der Waals surface area contributed by atoms with Gasteiger partial charge in [-0.15, -0.1) is 0 Å². The molecule has 20 heavy (non-hydrogen) atoms. The van der Waals surface area contributed by atoms with Crippen molar-refractivity contribution in [3.05, 3.63) is 10.4 Å². The van der Waals surface area contributed by atoms with Crippen LogP contribution in [0.15, 0.2) is 4.79 Å². The van der Waals surface area contributed by atoms with Crippen LogP contribution in [0.5, 0.6) is 0 Å². The number of H-pyrrole nitrogens is 1. The maximum Gasteiger partial charge on any atom is 0.350 e. The molecule has 0 aromatic heterocycles. The molecule has 0 radical (unpaired) electrons. The van der Waals surface area contributed by atoms with E-state index in [0.717, 1.165) is 0 Å². The van der Waals surface area contributed by atoms with Crippen molar-refractivity contribution in [2.24, 2.45) is 0 Å². The average molecular weight is 304 g/mol. The number of aromatic nitrogens is 5. The molecule has 0 saturated carbocycles. The van der Waals surface area contributed by atoms with Crippen LogP contribution in [0.2, 0.25) is 0 Å². The Morgan fingerprint density at radius 1 is 1.50 bits per heavy atom. The molecule has 110 valence electrons. The van der Waals surface area contributed by atoms with Crippen molar-refractivity contribution in [3.8, 4) is 11.5 Å². The number of nitrogens with two attached hydrogens (primary N) is 1. The predicted molar refractivity (Wildman–Crippen MR) is 66.9 cm³/mol. The maximum atomic E-state index is 11.5. The van der Waals surface area contributed by atoms with E-state index in [9.17, 15) is 9.36 Å². The van der Waals surface area contributed by atoms with Gasteiger partial charge in [0.15, 0.2) is 11.5 Å². The lowest BCUT2D eigenvalue weighted by Gasteiger charge is -2.14. The summed E-state index contributed by atoms with van der Waals surface area (Å²) in [7, 11) is -4.23. The third-order valence-corrected chi connectivity index (χ3v) is 2.84. The standard InChI is InChI=1S/C8H13N6O5P/c1-4(19-3-20(16,17)18)2-14-6-5(12-13-14)7(15)11-8(9)10-6/h4,13H,2-3H2,1H3,(H2,9,11,15)(H2,16,17,18)/t4-/m0/s1. The fourth-order valence-corrected chi connectivity index (χ4v) is 1.99. The number of hydrogen-bond donors (Lipinski definition) is 4. The highest BCUT2D eigenvalue weighted by molar-refractivity contribution is 7.51. The molecular formula is C8H13N6O5P. The first-order valence-electron chi connectivity index (χ1n) is 5.51. The Hall–Kier alpha value is -1.81. The molecule has 0 aliphatic carbocycles. The van der Waals surface area contributed by atoms with Crippen LogP contribution in [0.3, 0.4) is 0 Å². The minimum absolute atomic E-state index is 0.0291. The predicted octanol–water partition coefficient (Wildman–Crippen LogP) is -1.41. The summed E-state index contributed by atoms with van der Waals surface area (Å²) < 4.78 is 17.1. The minimum atomic E-state index is -4.23. The molecular weight excluding hydrogens is 291 g/mol. The van der Waals surface area contributed by atoms with Gasteiger partial charge in [0.25, 0.3) is 0 Å². The van der Waals surface area contributed by atoms with Gasteiger partial charge in [0.2, 0.25) is 5.95 Å². The van der Waals surface area contributed by atoms with Crippen LogP contribution in [-0.4, -0.2) is 47.2 Å². The summed E-state index contributed by atoms with van der Waals surface area (Å²) in [6.07, 6.45) is -1.23. The second-order valence-corrected chi connectivity index (χ2v) is 5.74. The quantitative estimate of drug-likeness (QED) is 0.484. The summed E-state index contributed by atoms with van der Waals surface area (Å²) in [5.74, 6) is 0.0237. The van der Waals surface area contributed by atoms with Gasteiger partial charge in [-0.3, -0.25) is 9.36 Å². The Kier molecular flexibility index (Phi) is 3.86. The molecule has 2 aliphatic heterocycles. The molecule has 0 aromatic carbocycles. The summed E-state index contributed by atoms with van der Waals surface area (Å²) in [4.78, 5) is 36.3. The van der Waals surface area contributed by atoms with Crippen molar-refractivity contribution >= 4 is 13.5 Å². The fourth-order valence-electron chi connectivity index (χ4n) is 1.54. The monoisotopic (exact) mass is 304 g/mol. The van der Waals surface area contributed by atoms with Gasteiger partial charge in [-0.2, -0.15) is 15.1 Å². The van der Waals surface area contributed by atoms with Crippen LogP contribution >= 0.6 is 7.60 Å². The largest absolute Gasteiger partial charge is 0.368 e. The zero-order valence-corrected chi connectivity index (χ0v) is 11.3. The molecule has 1 atom stereocenters. The number of rotatable bonds is 5. The van der Waals surface area contributed by atoms with Crippen molar-refractivity contribution < 1.29 is 19.1 Å². The van der Waals surface area contributed by atoms with Gasteiger partial charge in [-0.25, -0.2) is 9.90 Å². The van der Waals surface area contributed by atoms with Crippen molar-refractivity contribution in [2.75, 3.05) is 12.1 Å². The van der Waals surface area contributed by atoms with Crippen LogP contribution < -0.4 is 11.3 Å². The van der Waals surface area contributed by atoms with E-state index in [1.54, 1.807) is 6.92 Å². The Labute approximate surface area is 112 Å². The number of hydrogen-bond acceptors (Lipinski definition) is 7. The molecule has 2 rings (SSSR count). The summed E-state index contributed by atoms with van der Waals surface area (Å²) in [6, 6.07) is 0. The molecule has 5 N–H and O–H groups in total. The third kappa shape index (κ3) is 3.39. The summed E-state index contributed by atoms with van der Waals surface area (Å²) in [5.41, 5.74) is 4.81. The SMILES string of the molecule is C[C@@H](Cn1[nH]nc2c(=O)nc(N)nc1-2)OCP(=O)(O)O. The number of nitrogens with zero attached hydrogens (tertiary/aromatic N) is 4. The van der Waals surface area contributed by atoms with Crippen molar-refractivity contribution in [1.29, 1.82) is 0 Å². The van der Waals surface area contributed by atoms with E-state index in [2.05, 4.69) is 20.3 Å². The van der Waals surface area contributed by atoms with Crippen molar-refractivity contribution in [1.82, 2.24) is 25.0 Å². The van der Waals surface area contributed by atoms with Gasteiger partial charge in [-0.1, -0.05) is 0 Å². The molecule has 12 heteroatoms. The molecule has 0 fully saturated rings. The minimum Gasteiger partial charge on any atom is -0.368 e. The Morgan fingerprint density at radius 3 is 2.85 bits per heavy atom. The molecule has 2 aliphatic rings. The van der Waals surface area contributed by atoms with Gasteiger partial charge >= 0.3 is 13.2 Å². The number of fused-ring (bicyclic) bond motifs is 1. The lowest BCUT2D eigenvalue weighted by molar-refractivity contribution is 0.0729. The summed E-state index contributed by atoms with van der Waals surface area (Å²) >= 11 is 0. The van der Waals surface area contributed by atoms with Crippen molar-refractivity contribution in [3.63, 3.8) is 0 Å².